The van der Waals surface area contributed by atoms with Gasteiger partial charge in [0.15, 0.2) is 0 Å². The molecule has 0 bridgehead atoms. The van der Waals surface area contributed by atoms with E-state index in [4.69, 9.17) is 0 Å². The van der Waals surface area contributed by atoms with Crippen LogP contribution in [0.5, 0.6) is 0 Å². The Morgan fingerprint density at radius 3 is 2.52 bits per heavy atom. The van der Waals surface area contributed by atoms with Crippen LogP contribution in [0.2, 0.25) is 0 Å². The second kappa shape index (κ2) is 7.70. The molecule has 0 aliphatic carbocycles. The van der Waals surface area contributed by atoms with Crippen LogP contribution < -0.4 is 5.32 Å². The Kier molecular flexibility index (Phi) is 5.30. The van der Waals surface area contributed by atoms with Gasteiger partial charge in [-0.3, -0.25) is 0 Å². The van der Waals surface area contributed by atoms with Gasteiger partial charge in [0.2, 0.25) is 0 Å². The van der Waals surface area contributed by atoms with Crippen LogP contribution in [-0.2, 0) is 6.18 Å². The van der Waals surface area contributed by atoms with E-state index < -0.39 is 11.7 Å². The SMILES string of the molecule is FC(F)(F)c1ccc2c(c1)/C(=C/CCN1CCNCC1)c1ccccc1S2. The number of piperazine rings is 1. The average Bonchev–Trinajstić information content (AvgIpc) is 2.67. The third kappa shape index (κ3) is 4.08. The quantitative estimate of drug-likeness (QED) is 0.685. The summed E-state index contributed by atoms with van der Waals surface area (Å²) < 4.78 is 39.7. The summed E-state index contributed by atoms with van der Waals surface area (Å²) in [7, 11) is 0. The van der Waals surface area contributed by atoms with Crippen molar-refractivity contribution in [2.75, 3.05) is 32.7 Å². The zero-order valence-electron chi connectivity index (χ0n) is 14.9. The van der Waals surface area contributed by atoms with Gasteiger partial charge >= 0.3 is 6.18 Å². The van der Waals surface area contributed by atoms with Gasteiger partial charge in [-0.25, -0.2) is 0 Å². The fourth-order valence-corrected chi connectivity index (χ4v) is 4.68. The first-order valence-electron chi connectivity index (χ1n) is 9.14. The van der Waals surface area contributed by atoms with E-state index in [0.717, 1.165) is 60.1 Å². The highest BCUT2D eigenvalue weighted by atomic mass is 32.2. The molecule has 2 aromatic carbocycles. The lowest BCUT2D eigenvalue weighted by atomic mass is 9.94. The molecule has 0 spiro atoms. The number of hydrogen-bond donors (Lipinski definition) is 1. The van der Waals surface area contributed by atoms with Crippen LogP contribution in [0.3, 0.4) is 0 Å². The van der Waals surface area contributed by atoms with Gasteiger partial charge in [0.05, 0.1) is 5.56 Å². The van der Waals surface area contributed by atoms with E-state index in [1.165, 1.54) is 12.1 Å². The first kappa shape index (κ1) is 18.6. The molecule has 27 heavy (non-hydrogen) atoms. The summed E-state index contributed by atoms with van der Waals surface area (Å²) in [4.78, 5) is 4.37. The normalized spacial score (nSPS) is 19.0. The fourth-order valence-electron chi connectivity index (χ4n) is 3.59. The van der Waals surface area contributed by atoms with E-state index >= 15 is 0 Å². The van der Waals surface area contributed by atoms with E-state index in [1.54, 1.807) is 17.8 Å². The minimum Gasteiger partial charge on any atom is -0.314 e. The van der Waals surface area contributed by atoms with E-state index in [0.29, 0.717) is 5.56 Å². The largest absolute Gasteiger partial charge is 0.416 e. The van der Waals surface area contributed by atoms with Gasteiger partial charge in [0.25, 0.3) is 0 Å². The highest BCUT2D eigenvalue weighted by Crippen LogP contribution is 2.47. The van der Waals surface area contributed by atoms with Crippen LogP contribution in [0.1, 0.15) is 23.1 Å². The molecule has 0 atom stereocenters. The van der Waals surface area contributed by atoms with Crippen molar-refractivity contribution in [2.45, 2.75) is 22.4 Å². The summed E-state index contributed by atoms with van der Waals surface area (Å²) in [5.41, 5.74) is 2.04. The second-order valence-electron chi connectivity index (χ2n) is 6.81. The number of rotatable bonds is 3. The first-order valence-corrected chi connectivity index (χ1v) is 9.96. The summed E-state index contributed by atoms with van der Waals surface area (Å²) in [6.45, 7) is 4.95. The Bertz CT molecular complexity index is 855. The van der Waals surface area contributed by atoms with Crippen LogP contribution in [0.25, 0.3) is 5.57 Å². The molecular formula is C21H21F3N2S. The van der Waals surface area contributed by atoms with E-state index in [2.05, 4.69) is 16.3 Å². The third-order valence-electron chi connectivity index (χ3n) is 5.00. The number of halogens is 3. The zero-order chi connectivity index (χ0) is 18.9. The van der Waals surface area contributed by atoms with Crippen LogP contribution in [0.4, 0.5) is 13.2 Å². The summed E-state index contributed by atoms with van der Waals surface area (Å²) in [5.74, 6) is 0. The molecule has 1 N–H and O–H groups in total. The lowest BCUT2D eigenvalue weighted by Crippen LogP contribution is -2.43. The summed E-state index contributed by atoms with van der Waals surface area (Å²) in [6.07, 6.45) is -1.40. The van der Waals surface area contributed by atoms with Crippen LogP contribution in [0.15, 0.2) is 58.3 Å². The maximum absolute atomic E-state index is 13.2. The highest BCUT2D eigenvalue weighted by Gasteiger charge is 2.32. The molecule has 2 aliphatic heterocycles. The number of fused-ring (bicyclic) bond motifs is 2. The van der Waals surface area contributed by atoms with E-state index in [-0.39, 0.29) is 0 Å². The van der Waals surface area contributed by atoms with Crippen molar-refractivity contribution in [3.8, 4) is 0 Å². The molecule has 0 radical (unpaired) electrons. The molecule has 1 fully saturated rings. The number of nitrogens with one attached hydrogen (secondary N) is 1. The monoisotopic (exact) mass is 390 g/mol. The van der Waals surface area contributed by atoms with Crippen molar-refractivity contribution in [3.05, 3.63) is 65.2 Å². The van der Waals surface area contributed by atoms with Gasteiger partial charge in [0, 0.05) is 42.5 Å². The molecule has 2 heterocycles. The zero-order valence-corrected chi connectivity index (χ0v) is 15.7. The summed E-state index contributed by atoms with van der Waals surface area (Å²) in [6, 6.07) is 12.0. The van der Waals surface area contributed by atoms with Crippen molar-refractivity contribution < 1.29 is 13.2 Å². The molecule has 6 heteroatoms. The minimum atomic E-state index is -4.33. The molecule has 2 aliphatic rings. The van der Waals surface area contributed by atoms with Crippen molar-refractivity contribution in [2.24, 2.45) is 0 Å². The van der Waals surface area contributed by atoms with Gasteiger partial charge in [-0.05, 0) is 47.4 Å². The van der Waals surface area contributed by atoms with Gasteiger partial charge in [-0.1, -0.05) is 36.0 Å². The Hall–Kier alpha value is -1.76. The second-order valence-corrected chi connectivity index (χ2v) is 7.89. The Labute approximate surface area is 161 Å². The lowest BCUT2D eigenvalue weighted by molar-refractivity contribution is -0.137. The third-order valence-corrected chi connectivity index (χ3v) is 6.15. The van der Waals surface area contributed by atoms with Crippen LogP contribution in [-0.4, -0.2) is 37.6 Å². The number of benzene rings is 2. The molecule has 4 rings (SSSR count). The molecule has 142 valence electrons. The number of nitrogens with zero attached hydrogens (tertiary/aromatic N) is 1. The molecular weight excluding hydrogens is 369 g/mol. The Balaban J connectivity index is 1.67. The van der Waals surface area contributed by atoms with Gasteiger partial charge in [-0.2, -0.15) is 13.2 Å². The Morgan fingerprint density at radius 2 is 1.74 bits per heavy atom. The van der Waals surface area contributed by atoms with Crippen LogP contribution >= 0.6 is 11.8 Å². The maximum Gasteiger partial charge on any atom is 0.416 e. The van der Waals surface area contributed by atoms with Gasteiger partial charge in [0.1, 0.15) is 0 Å². The maximum atomic E-state index is 13.2. The van der Waals surface area contributed by atoms with Gasteiger partial charge in [-0.15, -0.1) is 0 Å². The topological polar surface area (TPSA) is 15.3 Å². The molecule has 1 saturated heterocycles. The van der Waals surface area contributed by atoms with Crippen molar-refractivity contribution in [3.63, 3.8) is 0 Å². The van der Waals surface area contributed by atoms with Crippen LogP contribution in [0, 0.1) is 0 Å². The first-order chi connectivity index (χ1) is 13.0. The Morgan fingerprint density at radius 1 is 1.00 bits per heavy atom. The standard InChI is InChI=1S/C21H21F3N2S/c22-21(23,24)15-7-8-20-18(14-15)16(17-4-1-2-6-19(17)27-20)5-3-11-26-12-9-25-10-13-26/h1-2,4-8,14,25H,3,9-13H2/b16-5+. The summed E-state index contributed by atoms with van der Waals surface area (Å²) >= 11 is 1.54. The molecule has 0 aromatic heterocycles. The molecule has 2 aromatic rings. The molecule has 2 nitrogen and oxygen atoms in total. The fraction of sp³-hybridized carbons (Fsp3) is 0.333. The molecule has 0 unspecified atom stereocenters. The predicted octanol–water partition coefficient (Wildman–Crippen LogP) is 4.90. The number of hydrogen-bond acceptors (Lipinski definition) is 3. The van der Waals surface area contributed by atoms with Crippen molar-refractivity contribution >= 4 is 17.3 Å². The van der Waals surface area contributed by atoms with Crippen molar-refractivity contribution in [1.82, 2.24) is 10.2 Å². The minimum absolute atomic E-state index is 0.589. The highest BCUT2D eigenvalue weighted by molar-refractivity contribution is 7.99. The van der Waals surface area contributed by atoms with E-state index in [1.807, 2.05) is 24.3 Å². The number of alkyl halides is 3. The van der Waals surface area contributed by atoms with Gasteiger partial charge < -0.3 is 10.2 Å². The summed E-state index contributed by atoms with van der Waals surface area (Å²) in [5, 5.41) is 3.33. The molecule has 0 amide bonds. The average molecular weight is 390 g/mol. The lowest BCUT2D eigenvalue weighted by Gasteiger charge is -2.27. The van der Waals surface area contributed by atoms with Crippen molar-refractivity contribution in [1.29, 1.82) is 0 Å². The van der Waals surface area contributed by atoms with E-state index in [9.17, 15) is 13.2 Å². The smallest absolute Gasteiger partial charge is 0.314 e. The molecule has 0 saturated carbocycles. The predicted molar refractivity (Wildman–Crippen MR) is 103 cm³/mol.